The Hall–Kier alpha value is -2.95. The van der Waals surface area contributed by atoms with Gasteiger partial charge in [-0.15, -0.1) is 0 Å². The van der Waals surface area contributed by atoms with E-state index in [2.05, 4.69) is 31.8 Å². The third-order valence-electron chi connectivity index (χ3n) is 4.88. The number of hydrogen-bond donors (Lipinski definition) is 2. The zero-order valence-electron chi connectivity index (χ0n) is 16.2. The summed E-state index contributed by atoms with van der Waals surface area (Å²) in [6.45, 7) is 6.42. The van der Waals surface area contributed by atoms with Gasteiger partial charge in [-0.25, -0.2) is 4.79 Å². The van der Waals surface area contributed by atoms with Crippen LogP contribution in [0.5, 0.6) is 5.75 Å². The Labute approximate surface area is 159 Å². The zero-order chi connectivity index (χ0) is 19.6. The topological polar surface area (TPSA) is 77.3 Å². The van der Waals surface area contributed by atoms with E-state index in [9.17, 15) is 4.79 Å². The normalized spacial score (nSPS) is 13.9. The smallest absolute Gasteiger partial charge is 0.405 e. The highest BCUT2D eigenvalue weighted by molar-refractivity contribution is 5.84. The van der Waals surface area contributed by atoms with E-state index >= 15 is 0 Å². The van der Waals surface area contributed by atoms with Crippen molar-refractivity contribution in [3.05, 3.63) is 65.9 Å². The number of nitrogens with two attached hydrogens (primary N) is 1. The molecule has 2 aromatic carbocycles. The number of methoxy groups -OCH3 is 1. The second kappa shape index (κ2) is 7.35. The fraction of sp³-hybridized carbons (Fsp3) is 0.318. The van der Waals surface area contributed by atoms with Crippen LogP contribution in [0, 0.1) is 5.41 Å². The van der Waals surface area contributed by atoms with Crippen molar-refractivity contribution in [2.75, 3.05) is 7.11 Å². The second-order valence-corrected chi connectivity index (χ2v) is 7.76. The molecule has 5 nitrogen and oxygen atoms in total. The van der Waals surface area contributed by atoms with Gasteiger partial charge in [-0.2, -0.15) is 0 Å². The summed E-state index contributed by atoms with van der Waals surface area (Å²) in [6, 6.07) is 15.7. The Morgan fingerprint density at radius 3 is 2.33 bits per heavy atom. The van der Waals surface area contributed by atoms with Gasteiger partial charge in [0.25, 0.3) is 0 Å². The summed E-state index contributed by atoms with van der Waals surface area (Å²) in [4.78, 5) is 15.1. The molecule has 0 saturated carbocycles. The number of nitrogens with one attached hydrogen (secondary N) is 1. The molecule has 0 aliphatic heterocycles. The van der Waals surface area contributed by atoms with E-state index in [-0.39, 0.29) is 11.3 Å². The number of aromatic amines is 1. The second-order valence-electron chi connectivity index (χ2n) is 7.76. The number of H-pyrrole nitrogens is 1. The molecule has 1 aromatic heterocycles. The molecule has 1 heterocycles. The first kappa shape index (κ1) is 18.8. The van der Waals surface area contributed by atoms with Gasteiger partial charge < -0.3 is 20.2 Å². The van der Waals surface area contributed by atoms with E-state index < -0.39 is 12.2 Å². The number of benzene rings is 2. The highest BCUT2D eigenvalue weighted by Gasteiger charge is 2.38. The third-order valence-corrected chi connectivity index (χ3v) is 4.88. The van der Waals surface area contributed by atoms with E-state index in [1.54, 1.807) is 7.11 Å². The molecule has 0 spiro atoms. The molecule has 0 saturated heterocycles. The van der Waals surface area contributed by atoms with Crippen LogP contribution in [-0.2, 0) is 4.74 Å². The molecule has 3 aromatic rings. The number of hydrogen-bond acceptors (Lipinski definition) is 3. The van der Waals surface area contributed by atoms with Gasteiger partial charge in [0.1, 0.15) is 11.9 Å². The van der Waals surface area contributed by atoms with Gasteiger partial charge in [-0.1, -0.05) is 51.1 Å². The van der Waals surface area contributed by atoms with Crippen molar-refractivity contribution in [1.82, 2.24) is 4.98 Å². The first-order chi connectivity index (χ1) is 12.8. The Morgan fingerprint density at radius 1 is 1.07 bits per heavy atom. The molecule has 27 heavy (non-hydrogen) atoms. The lowest BCUT2D eigenvalue weighted by Crippen LogP contribution is -2.30. The lowest BCUT2D eigenvalue weighted by atomic mass is 9.71. The number of aromatic nitrogens is 1. The van der Waals surface area contributed by atoms with Gasteiger partial charge in [-0.3, -0.25) is 0 Å². The Balaban J connectivity index is 2.15. The molecule has 5 heteroatoms. The lowest BCUT2D eigenvalue weighted by molar-refractivity contribution is 0.0584. The van der Waals surface area contributed by atoms with Crippen LogP contribution in [0.3, 0.4) is 0 Å². The van der Waals surface area contributed by atoms with Crippen molar-refractivity contribution < 1.29 is 14.3 Å². The fourth-order valence-electron chi connectivity index (χ4n) is 3.68. The van der Waals surface area contributed by atoms with Gasteiger partial charge in [0.05, 0.1) is 7.11 Å². The summed E-state index contributed by atoms with van der Waals surface area (Å²) >= 11 is 0. The minimum atomic E-state index is -0.787. The highest BCUT2D eigenvalue weighted by Crippen LogP contribution is 2.48. The molecule has 142 valence electrons. The van der Waals surface area contributed by atoms with Crippen LogP contribution in [0.15, 0.2) is 54.7 Å². The first-order valence-corrected chi connectivity index (χ1v) is 8.97. The standard InChI is InChI=1S/C22H26N2O3/c1-22(2,3)19(17-13-24-18-8-6-5-7-16(17)18)20(27-21(23)25)14-9-11-15(26-4)12-10-14/h5-13,19-20,24H,1-4H3,(H2,23,25). The summed E-state index contributed by atoms with van der Waals surface area (Å²) < 4.78 is 10.9. The largest absolute Gasteiger partial charge is 0.497 e. The van der Waals surface area contributed by atoms with Crippen LogP contribution in [0.25, 0.3) is 10.9 Å². The average molecular weight is 366 g/mol. The van der Waals surface area contributed by atoms with Crippen molar-refractivity contribution >= 4 is 17.0 Å². The number of carbonyl (C=O) groups excluding carboxylic acids is 1. The molecule has 0 radical (unpaired) electrons. The molecular formula is C22H26N2O3. The van der Waals surface area contributed by atoms with Gasteiger partial charge in [0.15, 0.2) is 0 Å². The van der Waals surface area contributed by atoms with Crippen LogP contribution in [-0.4, -0.2) is 18.2 Å². The number of amides is 1. The molecule has 3 rings (SSSR count). The molecule has 3 N–H and O–H groups in total. The molecule has 0 fully saturated rings. The van der Waals surface area contributed by atoms with E-state index in [0.717, 1.165) is 27.8 Å². The number of rotatable bonds is 5. The van der Waals surface area contributed by atoms with E-state index in [4.69, 9.17) is 15.2 Å². The molecule has 0 aliphatic rings. The highest BCUT2D eigenvalue weighted by atomic mass is 16.6. The van der Waals surface area contributed by atoms with Crippen LogP contribution in [0.2, 0.25) is 0 Å². The minimum absolute atomic E-state index is 0.102. The van der Waals surface area contributed by atoms with Crippen molar-refractivity contribution in [3.8, 4) is 5.75 Å². The quantitative estimate of drug-likeness (QED) is 0.656. The first-order valence-electron chi connectivity index (χ1n) is 8.97. The van der Waals surface area contributed by atoms with Crippen molar-refractivity contribution in [1.29, 1.82) is 0 Å². The SMILES string of the molecule is COc1ccc(C(OC(N)=O)C(c2c[nH]c3ccccc23)C(C)(C)C)cc1. The molecule has 2 unspecified atom stereocenters. The van der Waals surface area contributed by atoms with E-state index in [1.807, 2.05) is 48.7 Å². The van der Waals surface area contributed by atoms with Crippen molar-refractivity contribution in [2.45, 2.75) is 32.8 Å². The predicted molar refractivity (Wildman–Crippen MR) is 107 cm³/mol. The average Bonchev–Trinajstić information content (AvgIpc) is 3.03. The maximum absolute atomic E-state index is 11.7. The maximum Gasteiger partial charge on any atom is 0.405 e. The number of primary amides is 1. The zero-order valence-corrected chi connectivity index (χ0v) is 16.2. The summed E-state index contributed by atoms with van der Waals surface area (Å²) in [7, 11) is 1.62. The maximum atomic E-state index is 11.7. The van der Waals surface area contributed by atoms with E-state index in [0.29, 0.717) is 0 Å². The molecular weight excluding hydrogens is 340 g/mol. The molecule has 0 aliphatic carbocycles. The lowest BCUT2D eigenvalue weighted by Gasteiger charge is -2.36. The number of fused-ring (bicyclic) bond motifs is 1. The monoisotopic (exact) mass is 366 g/mol. The van der Waals surface area contributed by atoms with Gasteiger partial charge in [0.2, 0.25) is 0 Å². The van der Waals surface area contributed by atoms with Crippen LogP contribution in [0.4, 0.5) is 4.79 Å². The number of para-hydroxylation sites is 1. The third kappa shape index (κ3) is 3.92. The fourth-order valence-corrected chi connectivity index (χ4v) is 3.68. The summed E-state index contributed by atoms with van der Waals surface area (Å²) in [5.74, 6) is 0.644. The summed E-state index contributed by atoms with van der Waals surface area (Å²) in [5, 5.41) is 1.11. The minimum Gasteiger partial charge on any atom is -0.497 e. The summed E-state index contributed by atoms with van der Waals surface area (Å²) in [6.07, 6.45) is 0.694. The van der Waals surface area contributed by atoms with Gasteiger partial charge >= 0.3 is 6.09 Å². The summed E-state index contributed by atoms with van der Waals surface area (Å²) in [5.41, 5.74) is 8.27. The van der Waals surface area contributed by atoms with Crippen LogP contribution >= 0.6 is 0 Å². The Bertz CT molecular complexity index is 923. The predicted octanol–water partition coefficient (Wildman–Crippen LogP) is 5.14. The molecule has 2 atom stereocenters. The van der Waals surface area contributed by atoms with Crippen molar-refractivity contribution in [2.24, 2.45) is 11.1 Å². The van der Waals surface area contributed by atoms with Crippen molar-refractivity contribution in [3.63, 3.8) is 0 Å². The number of carbonyl (C=O) groups is 1. The van der Waals surface area contributed by atoms with Crippen LogP contribution in [0.1, 0.15) is 43.9 Å². The Morgan fingerprint density at radius 2 is 1.74 bits per heavy atom. The molecule has 0 bridgehead atoms. The van der Waals surface area contributed by atoms with Gasteiger partial charge in [0, 0.05) is 23.0 Å². The Kier molecular flexibility index (Phi) is 5.13. The van der Waals surface area contributed by atoms with Gasteiger partial charge in [-0.05, 0) is 34.7 Å². The number of ether oxygens (including phenoxy) is 2. The molecule has 1 amide bonds. The van der Waals surface area contributed by atoms with E-state index in [1.165, 1.54) is 0 Å². The van der Waals surface area contributed by atoms with Crippen LogP contribution < -0.4 is 10.5 Å².